The first-order valence-electron chi connectivity index (χ1n) is 9.59. The first-order valence-corrected chi connectivity index (χ1v) is 9.59. The Labute approximate surface area is 170 Å². The molecule has 0 saturated heterocycles. The van der Waals surface area contributed by atoms with E-state index in [1.165, 1.54) is 7.11 Å². The molecule has 0 bridgehead atoms. The lowest BCUT2D eigenvalue weighted by atomic mass is 9.85. The van der Waals surface area contributed by atoms with Crippen molar-refractivity contribution in [3.8, 4) is 0 Å². The van der Waals surface area contributed by atoms with E-state index in [2.05, 4.69) is 31.4 Å². The van der Waals surface area contributed by atoms with E-state index in [9.17, 15) is 14.4 Å². The van der Waals surface area contributed by atoms with Crippen LogP contribution in [-0.2, 0) is 19.7 Å². The van der Waals surface area contributed by atoms with Crippen LogP contribution in [0.1, 0.15) is 49.5 Å². The van der Waals surface area contributed by atoms with Crippen LogP contribution < -0.4 is 10.6 Å². The van der Waals surface area contributed by atoms with E-state index in [1.807, 2.05) is 24.3 Å². The molecule has 2 N–H and O–H groups in total. The van der Waals surface area contributed by atoms with Gasteiger partial charge in [0.2, 0.25) is 11.8 Å². The summed E-state index contributed by atoms with van der Waals surface area (Å²) in [5.74, 6) is -1.30. The number of para-hydroxylation sites is 2. The second-order valence-corrected chi connectivity index (χ2v) is 8.32. The van der Waals surface area contributed by atoms with Crippen molar-refractivity contribution in [2.24, 2.45) is 5.41 Å². The number of methoxy groups -OCH3 is 1. The van der Waals surface area contributed by atoms with Crippen molar-refractivity contribution in [1.29, 1.82) is 0 Å². The Morgan fingerprint density at radius 3 is 1.93 bits per heavy atom. The molecule has 1 aliphatic rings. The summed E-state index contributed by atoms with van der Waals surface area (Å²) in [6.45, 7) is 6.21. The number of nitrogens with one attached hydrogen (secondary N) is 2. The second-order valence-electron chi connectivity index (χ2n) is 8.32. The van der Waals surface area contributed by atoms with Crippen molar-refractivity contribution < 1.29 is 19.1 Å². The third kappa shape index (κ3) is 4.16. The predicted octanol–water partition coefficient (Wildman–Crippen LogP) is 4.13. The number of ether oxygens (including phenoxy) is 1. The third-order valence-corrected chi connectivity index (χ3v) is 5.18. The lowest BCUT2D eigenvalue weighted by molar-refractivity contribution is -0.131. The molecule has 0 unspecified atom stereocenters. The van der Waals surface area contributed by atoms with Crippen LogP contribution in [0, 0.1) is 5.41 Å². The van der Waals surface area contributed by atoms with E-state index in [4.69, 9.17) is 4.74 Å². The summed E-state index contributed by atoms with van der Waals surface area (Å²) in [5, 5.41) is 5.68. The molecular formula is C23H26N2O4. The largest absolute Gasteiger partial charge is 0.465 e. The van der Waals surface area contributed by atoms with Crippen LogP contribution in [-0.4, -0.2) is 24.9 Å². The quantitative estimate of drug-likeness (QED) is 0.590. The summed E-state index contributed by atoms with van der Waals surface area (Å²) >= 11 is 0. The molecule has 6 heteroatoms. The van der Waals surface area contributed by atoms with Crippen LogP contribution in [0.5, 0.6) is 0 Å². The molecule has 0 heterocycles. The number of rotatable bonds is 5. The summed E-state index contributed by atoms with van der Waals surface area (Å²) < 4.78 is 4.76. The lowest BCUT2D eigenvalue weighted by Crippen LogP contribution is -2.36. The van der Waals surface area contributed by atoms with Crippen molar-refractivity contribution in [2.75, 3.05) is 17.7 Å². The minimum atomic E-state index is -1.13. The van der Waals surface area contributed by atoms with Gasteiger partial charge in [0.05, 0.1) is 18.4 Å². The lowest BCUT2D eigenvalue weighted by Gasteiger charge is -2.24. The van der Waals surface area contributed by atoms with Crippen LogP contribution in [0.4, 0.5) is 11.4 Å². The maximum atomic E-state index is 13.0. The summed E-state index contributed by atoms with van der Waals surface area (Å²) in [6, 6.07) is 14.2. The minimum Gasteiger partial charge on any atom is -0.465 e. The molecule has 0 atom stereocenters. The van der Waals surface area contributed by atoms with Gasteiger partial charge in [-0.2, -0.15) is 0 Å². The van der Waals surface area contributed by atoms with E-state index in [1.54, 1.807) is 24.3 Å². The molecule has 0 aliphatic heterocycles. The molecule has 0 radical (unpaired) electrons. The van der Waals surface area contributed by atoms with Gasteiger partial charge in [0, 0.05) is 5.69 Å². The first-order chi connectivity index (χ1) is 13.7. The highest BCUT2D eigenvalue weighted by molar-refractivity contribution is 6.18. The third-order valence-electron chi connectivity index (χ3n) is 5.18. The van der Waals surface area contributed by atoms with Crippen LogP contribution in [0.15, 0.2) is 48.5 Å². The average Bonchev–Trinajstić information content (AvgIpc) is 3.49. The average molecular weight is 394 g/mol. The van der Waals surface area contributed by atoms with Gasteiger partial charge in [-0.3, -0.25) is 9.59 Å². The second kappa shape index (κ2) is 7.70. The Bertz CT molecular complexity index is 955. The zero-order chi connectivity index (χ0) is 21.2. The smallest absolute Gasteiger partial charge is 0.339 e. The van der Waals surface area contributed by atoms with E-state index < -0.39 is 17.3 Å². The van der Waals surface area contributed by atoms with Crippen molar-refractivity contribution in [3.63, 3.8) is 0 Å². The van der Waals surface area contributed by atoms with Crippen LogP contribution in [0.2, 0.25) is 0 Å². The number of hydrogen-bond donors (Lipinski definition) is 2. The van der Waals surface area contributed by atoms with E-state index in [0.29, 0.717) is 24.2 Å². The fraction of sp³-hybridized carbons (Fsp3) is 0.348. The molecule has 152 valence electrons. The van der Waals surface area contributed by atoms with Gasteiger partial charge in [-0.15, -0.1) is 0 Å². The van der Waals surface area contributed by atoms with Crippen molar-refractivity contribution in [3.05, 3.63) is 59.7 Å². The Hall–Kier alpha value is -3.15. The number of hydrogen-bond acceptors (Lipinski definition) is 4. The zero-order valence-electron chi connectivity index (χ0n) is 17.2. The van der Waals surface area contributed by atoms with E-state index in [-0.39, 0.29) is 16.9 Å². The standard InChI is InChI=1S/C23H26N2O4/c1-22(2,3)16-10-6-8-12-18(16)25-21(28)23(13-14-23)20(27)24-17-11-7-5-9-15(17)19(26)29-4/h5-12H,13-14H2,1-4H3,(H,24,27)(H,25,28). The molecular weight excluding hydrogens is 368 g/mol. The molecule has 1 aliphatic carbocycles. The number of carbonyl (C=O) groups excluding carboxylic acids is 3. The SMILES string of the molecule is COC(=O)c1ccccc1NC(=O)C1(C(=O)Nc2ccccc2C(C)(C)C)CC1. The molecule has 0 spiro atoms. The number of carbonyl (C=O) groups is 3. The van der Waals surface area contributed by atoms with Gasteiger partial charge in [-0.25, -0.2) is 4.79 Å². The fourth-order valence-corrected chi connectivity index (χ4v) is 3.29. The van der Waals surface area contributed by atoms with Gasteiger partial charge in [-0.05, 0) is 42.0 Å². The Morgan fingerprint density at radius 2 is 1.38 bits per heavy atom. The molecule has 6 nitrogen and oxygen atoms in total. The van der Waals surface area contributed by atoms with Crippen LogP contribution >= 0.6 is 0 Å². The Balaban J connectivity index is 1.80. The Kier molecular flexibility index (Phi) is 5.46. The van der Waals surface area contributed by atoms with Gasteiger partial charge in [0.15, 0.2) is 0 Å². The highest BCUT2D eigenvalue weighted by Crippen LogP contribution is 2.48. The molecule has 1 fully saturated rings. The van der Waals surface area contributed by atoms with Crippen LogP contribution in [0.25, 0.3) is 0 Å². The minimum absolute atomic E-state index is 0.150. The van der Waals surface area contributed by atoms with Crippen LogP contribution in [0.3, 0.4) is 0 Å². The summed E-state index contributed by atoms with van der Waals surface area (Å²) in [5.41, 5.74) is 1.01. The number of esters is 1. The summed E-state index contributed by atoms with van der Waals surface area (Å²) in [6.07, 6.45) is 0.922. The fourth-order valence-electron chi connectivity index (χ4n) is 3.29. The number of amides is 2. The zero-order valence-corrected chi connectivity index (χ0v) is 17.2. The molecule has 2 aromatic rings. The highest BCUT2D eigenvalue weighted by atomic mass is 16.5. The molecule has 2 amide bonds. The maximum Gasteiger partial charge on any atom is 0.339 e. The molecule has 1 saturated carbocycles. The molecule has 29 heavy (non-hydrogen) atoms. The predicted molar refractivity (Wildman–Crippen MR) is 112 cm³/mol. The van der Waals surface area contributed by atoms with Crippen molar-refractivity contribution in [2.45, 2.75) is 39.0 Å². The monoisotopic (exact) mass is 394 g/mol. The van der Waals surface area contributed by atoms with E-state index >= 15 is 0 Å². The van der Waals surface area contributed by atoms with Gasteiger partial charge >= 0.3 is 5.97 Å². The molecule has 0 aromatic heterocycles. The van der Waals surface area contributed by atoms with Gasteiger partial charge in [0.1, 0.15) is 5.41 Å². The van der Waals surface area contributed by atoms with Crippen molar-refractivity contribution >= 4 is 29.2 Å². The topological polar surface area (TPSA) is 84.5 Å². The maximum absolute atomic E-state index is 13.0. The van der Waals surface area contributed by atoms with Gasteiger partial charge in [-0.1, -0.05) is 51.1 Å². The summed E-state index contributed by atoms with van der Waals surface area (Å²) in [7, 11) is 1.28. The van der Waals surface area contributed by atoms with E-state index in [0.717, 1.165) is 5.56 Å². The van der Waals surface area contributed by atoms with Gasteiger partial charge in [0.25, 0.3) is 0 Å². The Morgan fingerprint density at radius 1 is 0.862 bits per heavy atom. The molecule has 3 rings (SSSR count). The van der Waals surface area contributed by atoms with Crippen molar-refractivity contribution in [1.82, 2.24) is 0 Å². The van der Waals surface area contributed by atoms with Gasteiger partial charge < -0.3 is 15.4 Å². The first kappa shape index (κ1) is 20.6. The molecule has 2 aromatic carbocycles. The normalized spacial score (nSPS) is 14.6. The number of anilines is 2. The number of benzene rings is 2. The highest BCUT2D eigenvalue weighted by Gasteiger charge is 2.56. The summed E-state index contributed by atoms with van der Waals surface area (Å²) in [4.78, 5) is 37.9.